The van der Waals surface area contributed by atoms with E-state index in [2.05, 4.69) is 97.1 Å². The lowest BCUT2D eigenvalue weighted by atomic mass is 9.97. The predicted molar refractivity (Wildman–Crippen MR) is 178 cm³/mol. The standard InChI is InChI=1S/C36H23BO3.H3P/c38-37(39-33-13-5-11-23-15-17-29-19-25-7-1-3-9-27(25)21-31(29)35(23)33)40-34-14-6-12-24-16-18-30-20-26-8-2-4-10-28(26)22-32(30)36(24)34;/h1-22,38H;1H3. The third-order valence-electron chi connectivity index (χ3n) is 7.83. The fraction of sp³-hybridized carbons (Fsp3) is 0. The third-order valence-corrected chi connectivity index (χ3v) is 7.83. The molecule has 0 heterocycles. The summed E-state index contributed by atoms with van der Waals surface area (Å²) >= 11 is 0. The van der Waals surface area contributed by atoms with Crippen molar-refractivity contribution in [1.29, 1.82) is 0 Å². The minimum Gasteiger partial charge on any atom is -0.500 e. The maximum absolute atomic E-state index is 11.1. The Bertz CT molecular complexity index is 2100. The number of hydrogen-bond acceptors (Lipinski definition) is 3. The first-order valence-corrected chi connectivity index (χ1v) is 13.4. The Balaban J connectivity index is 0.00000276. The molecule has 196 valence electrons. The predicted octanol–water partition coefficient (Wildman–Crippen LogP) is 9.10. The lowest BCUT2D eigenvalue weighted by Gasteiger charge is -2.16. The van der Waals surface area contributed by atoms with Crippen LogP contribution >= 0.6 is 9.90 Å². The molecule has 0 spiro atoms. The molecule has 8 aromatic carbocycles. The summed E-state index contributed by atoms with van der Waals surface area (Å²) in [5.41, 5.74) is 0. The Morgan fingerprint density at radius 2 is 0.756 bits per heavy atom. The van der Waals surface area contributed by atoms with Crippen molar-refractivity contribution in [2.45, 2.75) is 0 Å². The normalized spacial score (nSPS) is 11.3. The van der Waals surface area contributed by atoms with E-state index in [-0.39, 0.29) is 9.90 Å². The van der Waals surface area contributed by atoms with E-state index in [0.29, 0.717) is 11.5 Å². The van der Waals surface area contributed by atoms with Crippen LogP contribution < -0.4 is 9.31 Å². The van der Waals surface area contributed by atoms with Crippen molar-refractivity contribution >= 4 is 81.9 Å². The summed E-state index contributed by atoms with van der Waals surface area (Å²) in [6.45, 7) is 0. The Labute approximate surface area is 240 Å². The highest BCUT2D eigenvalue weighted by atomic mass is 31.0. The first-order valence-electron chi connectivity index (χ1n) is 13.4. The Morgan fingerprint density at radius 3 is 1.20 bits per heavy atom. The van der Waals surface area contributed by atoms with Gasteiger partial charge in [0.1, 0.15) is 11.5 Å². The molecule has 0 bridgehead atoms. The molecular formula is C36H26BO3P. The molecule has 8 aromatic rings. The van der Waals surface area contributed by atoms with Crippen molar-refractivity contribution in [1.82, 2.24) is 0 Å². The van der Waals surface area contributed by atoms with Gasteiger partial charge in [-0.15, -0.1) is 0 Å². The van der Waals surface area contributed by atoms with Gasteiger partial charge in [-0.05, 0) is 90.3 Å². The maximum atomic E-state index is 11.1. The summed E-state index contributed by atoms with van der Waals surface area (Å²) in [5, 5.41) is 24.2. The summed E-state index contributed by atoms with van der Waals surface area (Å²) < 4.78 is 12.2. The van der Waals surface area contributed by atoms with Gasteiger partial charge < -0.3 is 14.3 Å². The summed E-state index contributed by atoms with van der Waals surface area (Å²) in [6.07, 6.45) is 0. The van der Waals surface area contributed by atoms with Crippen molar-refractivity contribution in [3.05, 3.63) is 133 Å². The van der Waals surface area contributed by atoms with Crippen LogP contribution in [0.2, 0.25) is 0 Å². The van der Waals surface area contributed by atoms with Crippen molar-refractivity contribution in [3.8, 4) is 11.5 Å². The van der Waals surface area contributed by atoms with Crippen LogP contribution in [0.15, 0.2) is 133 Å². The van der Waals surface area contributed by atoms with E-state index in [1.807, 2.05) is 36.4 Å². The molecule has 8 rings (SSSR count). The Morgan fingerprint density at radius 1 is 0.390 bits per heavy atom. The molecule has 41 heavy (non-hydrogen) atoms. The first-order chi connectivity index (χ1) is 19.7. The van der Waals surface area contributed by atoms with Crippen LogP contribution in [-0.4, -0.2) is 12.3 Å². The van der Waals surface area contributed by atoms with Crippen LogP contribution in [0.5, 0.6) is 11.5 Å². The largest absolute Gasteiger partial charge is 0.785 e. The summed E-state index contributed by atoms with van der Waals surface area (Å²) in [4.78, 5) is 0. The summed E-state index contributed by atoms with van der Waals surface area (Å²) in [6, 6.07) is 45.6. The molecule has 1 atom stereocenters. The molecule has 0 fully saturated rings. The smallest absolute Gasteiger partial charge is 0.500 e. The van der Waals surface area contributed by atoms with Gasteiger partial charge >= 0.3 is 7.32 Å². The molecule has 0 radical (unpaired) electrons. The van der Waals surface area contributed by atoms with Gasteiger partial charge in [0.15, 0.2) is 0 Å². The van der Waals surface area contributed by atoms with Crippen LogP contribution in [0.25, 0.3) is 64.6 Å². The third kappa shape index (κ3) is 4.33. The van der Waals surface area contributed by atoms with Gasteiger partial charge in [-0.3, -0.25) is 0 Å². The van der Waals surface area contributed by atoms with Crippen LogP contribution in [0.4, 0.5) is 0 Å². The van der Waals surface area contributed by atoms with Gasteiger partial charge in [0.25, 0.3) is 0 Å². The summed E-state index contributed by atoms with van der Waals surface area (Å²) in [5.74, 6) is 1.14. The van der Waals surface area contributed by atoms with Gasteiger partial charge in [-0.2, -0.15) is 9.90 Å². The molecule has 0 saturated carbocycles. The quantitative estimate of drug-likeness (QED) is 0.103. The monoisotopic (exact) mass is 548 g/mol. The molecule has 1 N–H and O–H groups in total. The molecule has 0 saturated heterocycles. The van der Waals surface area contributed by atoms with Crippen molar-refractivity contribution in [2.24, 2.45) is 0 Å². The molecule has 5 heteroatoms. The lowest BCUT2D eigenvalue weighted by Crippen LogP contribution is -2.29. The van der Waals surface area contributed by atoms with Gasteiger partial charge in [-0.25, -0.2) is 0 Å². The highest BCUT2D eigenvalue weighted by Gasteiger charge is 2.24. The highest BCUT2D eigenvalue weighted by molar-refractivity contribution is 6.92. The van der Waals surface area contributed by atoms with Crippen LogP contribution in [0.1, 0.15) is 0 Å². The summed E-state index contributed by atoms with van der Waals surface area (Å²) in [7, 11) is -1.50. The molecule has 0 aromatic heterocycles. The molecule has 1 unspecified atom stereocenters. The molecule has 0 amide bonds. The zero-order valence-corrected chi connectivity index (χ0v) is 23.7. The zero-order valence-electron chi connectivity index (χ0n) is 22.2. The van der Waals surface area contributed by atoms with Crippen molar-refractivity contribution in [3.63, 3.8) is 0 Å². The van der Waals surface area contributed by atoms with Crippen LogP contribution in [0, 0.1) is 0 Å². The Kier molecular flexibility index (Phi) is 6.24. The minimum atomic E-state index is -1.50. The van der Waals surface area contributed by atoms with E-state index in [4.69, 9.17) is 9.31 Å². The molecule has 0 aliphatic carbocycles. The average Bonchev–Trinajstić information content (AvgIpc) is 2.99. The van der Waals surface area contributed by atoms with E-state index < -0.39 is 7.32 Å². The fourth-order valence-electron chi connectivity index (χ4n) is 5.97. The number of rotatable bonds is 4. The van der Waals surface area contributed by atoms with Crippen LogP contribution in [-0.2, 0) is 0 Å². The zero-order chi connectivity index (χ0) is 26.6. The second kappa shape index (κ2) is 10.1. The Hall–Kier alpha value is -4.63. The second-order valence-corrected chi connectivity index (χ2v) is 10.2. The SMILES string of the molecule is OB(Oc1cccc2ccc3cc4ccccc4cc3c12)Oc1cccc2ccc3cc4ccccc4cc3c12.P. The molecule has 0 aliphatic rings. The molecular weight excluding hydrogens is 522 g/mol. The van der Waals surface area contributed by atoms with E-state index >= 15 is 0 Å². The van der Waals surface area contributed by atoms with Gasteiger partial charge in [0.05, 0.1) is 0 Å². The van der Waals surface area contributed by atoms with E-state index in [9.17, 15) is 5.02 Å². The molecule has 3 nitrogen and oxygen atoms in total. The lowest BCUT2D eigenvalue weighted by molar-refractivity contribution is 0.301. The first kappa shape index (κ1) is 25.3. The number of fused-ring (bicyclic) bond motifs is 8. The number of benzene rings is 8. The van der Waals surface area contributed by atoms with Gasteiger partial charge in [-0.1, -0.05) is 97.1 Å². The van der Waals surface area contributed by atoms with Crippen LogP contribution in [0.3, 0.4) is 0 Å². The van der Waals surface area contributed by atoms with Crippen molar-refractivity contribution < 1.29 is 14.3 Å². The molecule has 0 aliphatic heterocycles. The fourth-order valence-corrected chi connectivity index (χ4v) is 5.97. The van der Waals surface area contributed by atoms with Gasteiger partial charge in [0, 0.05) is 10.8 Å². The minimum absolute atomic E-state index is 0. The van der Waals surface area contributed by atoms with Gasteiger partial charge in [0.2, 0.25) is 0 Å². The van der Waals surface area contributed by atoms with E-state index in [1.165, 1.54) is 10.8 Å². The van der Waals surface area contributed by atoms with Crippen molar-refractivity contribution in [2.75, 3.05) is 0 Å². The second-order valence-electron chi connectivity index (χ2n) is 10.2. The maximum Gasteiger partial charge on any atom is 0.785 e. The van der Waals surface area contributed by atoms with E-state index in [1.54, 1.807) is 0 Å². The average molecular weight is 548 g/mol. The highest BCUT2D eigenvalue weighted by Crippen LogP contribution is 2.37. The topological polar surface area (TPSA) is 38.7 Å². The van der Waals surface area contributed by atoms with E-state index in [0.717, 1.165) is 53.9 Å². The number of hydrogen-bond donors (Lipinski definition) is 1.